The van der Waals surface area contributed by atoms with E-state index in [-0.39, 0.29) is 11.8 Å². The average Bonchev–Trinajstić information content (AvgIpc) is 2.88. The monoisotopic (exact) mass is 344 g/mol. The summed E-state index contributed by atoms with van der Waals surface area (Å²) in [7, 11) is 0. The molecule has 126 valence electrons. The summed E-state index contributed by atoms with van der Waals surface area (Å²) in [5.74, 6) is 0.522. The van der Waals surface area contributed by atoms with Gasteiger partial charge in [-0.05, 0) is 37.1 Å². The van der Waals surface area contributed by atoms with Gasteiger partial charge < -0.3 is 15.4 Å². The molecule has 0 aliphatic carbocycles. The minimum Gasteiger partial charge on any atom is -0.491 e. The SMILES string of the molecule is Cc1ccc(C(=O)N2CCOc3ccc(CCC(N)=O)cc3C2)s1. The molecule has 2 amide bonds. The molecule has 0 atom stereocenters. The van der Waals surface area contributed by atoms with Crippen molar-refractivity contribution >= 4 is 23.2 Å². The molecule has 1 aromatic heterocycles. The molecule has 3 rings (SSSR count). The van der Waals surface area contributed by atoms with Crippen molar-refractivity contribution < 1.29 is 14.3 Å². The number of rotatable bonds is 4. The number of nitrogens with zero attached hydrogens (tertiary/aromatic N) is 1. The highest BCUT2D eigenvalue weighted by molar-refractivity contribution is 7.13. The molecule has 0 saturated carbocycles. The number of benzene rings is 1. The van der Waals surface area contributed by atoms with Crippen molar-refractivity contribution in [2.24, 2.45) is 5.73 Å². The van der Waals surface area contributed by atoms with Crippen molar-refractivity contribution in [2.75, 3.05) is 13.2 Å². The Labute approximate surface area is 145 Å². The second-order valence-corrected chi connectivity index (χ2v) is 7.18. The molecule has 0 saturated heterocycles. The molecule has 0 bridgehead atoms. The molecule has 2 aromatic rings. The Morgan fingerprint density at radius 2 is 2.12 bits per heavy atom. The van der Waals surface area contributed by atoms with Crippen molar-refractivity contribution in [2.45, 2.75) is 26.3 Å². The maximum absolute atomic E-state index is 12.7. The summed E-state index contributed by atoms with van der Waals surface area (Å²) in [5.41, 5.74) is 7.21. The van der Waals surface area contributed by atoms with Gasteiger partial charge in [-0.25, -0.2) is 0 Å². The lowest BCUT2D eigenvalue weighted by molar-refractivity contribution is -0.117. The molecule has 0 radical (unpaired) electrons. The van der Waals surface area contributed by atoms with Crippen LogP contribution in [0.2, 0.25) is 0 Å². The van der Waals surface area contributed by atoms with E-state index in [4.69, 9.17) is 10.5 Å². The number of carbonyl (C=O) groups is 2. The van der Waals surface area contributed by atoms with E-state index in [0.29, 0.717) is 32.5 Å². The van der Waals surface area contributed by atoms with E-state index in [9.17, 15) is 9.59 Å². The predicted molar refractivity (Wildman–Crippen MR) is 93.2 cm³/mol. The number of amides is 2. The summed E-state index contributed by atoms with van der Waals surface area (Å²) < 4.78 is 5.77. The molecule has 1 aliphatic heterocycles. The molecular weight excluding hydrogens is 324 g/mol. The van der Waals surface area contributed by atoms with Crippen molar-refractivity contribution in [3.63, 3.8) is 0 Å². The van der Waals surface area contributed by atoms with Crippen LogP contribution in [0.4, 0.5) is 0 Å². The Morgan fingerprint density at radius 3 is 2.83 bits per heavy atom. The summed E-state index contributed by atoms with van der Waals surface area (Å²) in [6.07, 6.45) is 0.914. The largest absolute Gasteiger partial charge is 0.491 e. The summed E-state index contributed by atoms with van der Waals surface area (Å²) in [4.78, 5) is 27.3. The Morgan fingerprint density at radius 1 is 1.29 bits per heavy atom. The standard InChI is InChI=1S/C18H20N2O3S/c1-12-2-6-16(24-12)18(22)20-8-9-23-15-5-3-13(4-7-17(19)21)10-14(15)11-20/h2-3,5-6,10H,4,7-9,11H2,1H3,(H2,19,21). The zero-order valence-corrected chi connectivity index (χ0v) is 14.4. The lowest BCUT2D eigenvalue weighted by Gasteiger charge is -2.19. The van der Waals surface area contributed by atoms with Gasteiger partial charge >= 0.3 is 0 Å². The number of ether oxygens (including phenoxy) is 1. The van der Waals surface area contributed by atoms with Gasteiger partial charge in [-0.1, -0.05) is 12.1 Å². The first-order valence-corrected chi connectivity index (χ1v) is 8.73. The molecule has 1 aliphatic rings. The Bertz CT molecular complexity index is 769. The van der Waals surface area contributed by atoms with Gasteiger partial charge in [0.25, 0.3) is 5.91 Å². The first-order chi connectivity index (χ1) is 11.5. The number of carbonyl (C=O) groups excluding carboxylic acids is 2. The van der Waals surface area contributed by atoms with Gasteiger partial charge in [-0.2, -0.15) is 0 Å². The molecule has 2 N–H and O–H groups in total. The molecule has 6 heteroatoms. The van der Waals surface area contributed by atoms with Gasteiger partial charge in [-0.15, -0.1) is 11.3 Å². The van der Waals surface area contributed by atoms with E-state index < -0.39 is 0 Å². The fourth-order valence-corrected chi connectivity index (χ4v) is 3.58. The van der Waals surface area contributed by atoms with Gasteiger partial charge in [0.1, 0.15) is 12.4 Å². The molecule has 2 heterocycles. The molecular formula is C18H20N2O3S. The normalized spacial score (nSPS) is 13.8. The highest BCUT2D eigenvalue weighted by atomic mass is 32.1. The lowest BCUT2D eigenvalue weighted by atomic mass is 10.0. The van der Waals surface area contributed by atoms with E-state index in [1.54, 1.807) is 0 Å². The minimum absolute atomic E-state index is 0.0343. The predicted octanol–water partition coefficient (Wildman–Crippen LogP) is 2.51. The van der Waals surface area contributed by atoms with Crippen LogP contribution < -0.4 is 10.5 Å². The number of primary amides is 1. The molecule has 1 aromatic carbocycles. The maximum Gasteiger partial charge on any atom is 0.264 e. The van der Waals surface area contributed by atoms with Crippen molar-refractivity contribution in [3.05, 3.63) is 51.2 Å². The summed E-state index contributed by atoms with van der Waals surface area (Å²) in [5, 5.41) is 0. The smallest absolute Gasteiger partial charge is 0.264 e. The molecule has 0 unspecified atom stereocenters. The van der Waals surface area contributed by atoms with E-state index >= 15 is 0 Å². The first kappa shape index (κ1) is 16.5. The number of aryl methyl sites for hydroxylation is 2. The van der Waals surface area contributed by atoms with E-state index in [1.165, 1.54) is 11.3 Å². The van der Waals surface area contributed by atoms with Crippen LogP contribution in [0.5, 0.6) is 5.75 Å². The number of hydrogen-bond acceptors (Lipinski definition) is 4. The Balaban J connectivity index is 1.79. The second kappa shape index (κ2) is 7.05. The topological polar surface area (TPSA) is 72.6 Å². The number of nitrogens with two attached hydrogens (primary N) is 1. The molecule has 5 nitrogen and oxygen atoms in total. The van der Waals surface area contributed by atoms with Crippen molar-refractivity contribution in [3.8, 4) is 5.75 Å². The van der Waals surface area contributed by atoms with Crippen LogP contribution >= 0.6 is 11.3 Å². The van der Waals surface area contributed by atoms with Gasteiger partial charge in [-0.3, -0.25) is 9.59 Å². The zero-order chi connectivity index (χ0) is 17.1. The minimum atomic E-state index is -0.314. The summed E-state index contributed by atoms with van der Waals surface area (Å²) >= 11 is 1.51. The maximum atomic E-state index is 12.7. The summed E-state index contributed by atoms with van der Waals surface area (Å²) in [6, 6.07) is 9.70. The number of hydrogen-bond donors (Lipinski definition) is 1. The Kier molecular flexibility index (Phi) is 4.85. The van der Waals surface area contributed by atoms with Crippen LogP contribution in [0.15, 0.2) is 30.3 Å². The quantitative estimate of drug-likeness (QED) is 0.926. The van der Waals surface area contributed by atoms with Gasteiger partial charge in [0.15, 0.2) is 0 Å². The van der Waals surface area contributed by atoms with Crippen molar-refractivity contribution in [1.82, 2.24) is 4.90 Å². The van der Waals surface area contributed by atoms with E-state index in [0.717, 1.165) is 26.6 Å². The van der Waals surface area contributed by atoms with Crippen LogP contribution in [-0.2, 0) is 17.8 Å². The van der Waals surface area contributed by atoms with Crippen LogP contribution in [0.1, 0.15) is 32.1 Å². The van der Waals surface area contributed by atoms with Crippen molar-refractivity contribution in [1.29, 1.82) is 0 Å². The van der Waals surface area contributed by atoms with E-state index in [1.807, 2.05) is 42.2 Å². The molecule has 24 heavy (non-hydrogen) atoms. The average molecular weight is 344 g/mol. The molecule has 0 fully saturated rings. The fourth-order valence-electron chi connectivity index (χ4n) is 2.75. The second-order valence-electron chi connectivity index (χ2n) is 5.89. The van der Waals surface area contributed by atoms with Crippen LogP contribution in [0.25, 0.3) is 0 Å². The van der Waals surface area contributed by atoms with E-state index in [2.05, 4.69) is 0 Å². The molecule has 0 spiro atoms. The first-order valence-electron chi connectivity index (χ1n) is 7.91. The van der Waals surface area contributed by atoms with Gasteiger partial charge in [0, 0.05) is 23.4 Å². The van der Waals surface area contributed by atoms with Gasteiger partial charge in [0.2, 0.25) is 5.91 Å². The Hall–Kier alpha value is -2.34. The summed E-state index contributed by atoms with van der Waals surface area (Å²) in [6.45, 7) is 3.54. The lowest BCUT2D eigenvalue weighted by Crippen LogP contribution is -2.31. The third-order valence-electron chi connectivity index (χ3n) is 4.00. The van der Waals surface area contributed by atoms with Crippen LogP contribution in [0.3, 0.4) is 0 Å². The third-order valence-corrected chi connectivity index (χ3v) is 4.99. The highest BCUT2D eigenvalue weighted by Gasteiger charge is 2.22. The highest BCUT2D eigenvalue weighted by Crippen LogP contribution is 2.26. The zero-order valence-electron chi connectivity index (χ0n) is 13.6. The number of thiophene rings is 1. The van der Waals surface area contributed by atoms with Crippen LogP contribution in [0, 0.1) is 6.92 Å². The number of fused-ring (bicyclic) bond motifs is 1. The fraction of sp³-hybridized carbons (Fsp3) is 0.333. The third kappa shape index (κ3) is 3.76. The van der Waals surface area contributed by atoms with Crippen LogP contribution in [-0.4, -0.2) is 29.9 Å². The van der Waals surface area contributed by atoms with Gasteiger partial charge in [0.05, 0.1) is 11.4 Å².